The summed E-state index contributed by atoms with van der Waals surface area (Å²) in [5.41, 5.74) is 1.20. The SMILES string of the molecule is O=C1CC[C@H](N2Cc3c(ccn(C4CCC5(CCNCC5)CC4)c3=O)C2=O)C(=O)N1. The molecule has 3 fully saturated rings. The van der Waals surface area contributed by atoms with Gasteiger partial charge in [0.15, 0.2) is 0 Å². The summed E-state index contributed by atoms with van der Waals surface area (Å²) < 4.78 is 1.81. The van der Waals surface area contributed by atoms with Crippen LogP contribution in [0.15, 0.2) is 17.1 Å². The molecule has 8 nitrogen and oxygen atoms in total. The molecule has 3 amide bonds. The quantitative estimate of drug-likeness (QED) is 0.709. The van der Waals surface area contributed by atoms with Gasteiger partial charge < -0.3 is 14.8 Å². The Balaban J connectivity index is 1.35. The molecule has 2 N–H and O–H groups in total. The minimum atomic E-state index is -0.690. The van der Waals surface area contributed by atoms with Crippen molar-refractivity contribution in [1.82, 2.24) is 20.1 Å². The monoisotopic (exact) mass is 412 g/mol. The van der Waals surface area contributed by atoms with E-state index in [2.05, 4.69) is 10.6 Å². The summed E-state index contributed by atoms with van der Waals surface area (Å²) >= 11 is 0. The fourth-order valence-electron chi connectivity index (χ4n) is 5.81. The summed E-state index contributed by atoms with van der Waals surface area (Å²) in [7, 11) is 0. The third-order valence-electron chi connectivity index (χ3n) is 7.70. The number of carbonyl (C=O) groups excluding carboxylic acids is 3. The van der Waals surface area contributed by atoms with E-state index in [0.717, 1.165) is 38.8 Å². The molecule has 0 unspecified atom stereocenters. The van der Waals surface area contributed by atoms with E-state index in [0.29, 0.717) is 23.0 Å². The minimum Gasteiger partial charge on any atom is -0.322 e. The average Bonchev–Trinajstić information content (AvgIpc) is 3.07. The van der Waals surface area contributed by atoms with Crippen molar-refractivity contribution in [2.75, 3.05) is 13.1 Å². The second-order valence-corrected chi connectivity index (χ2v) is 9.30. The van der Waals surface area contributed by atoms with Gasteiger partial charge in [-0.15, -0.1) is 0 Å². The highest BCUT2D eigenvalue weighted by molar-refractivity contribution is 6.05. The zero-order valence-electron chi connectivity index (χ0n) is 17.1. The van der Waals surface area contributed by atoms with Crippen LogP contribution in [0.3, 0.4) is 0 Å². The van der Waals surface area contributed by atoms with Gasteiger partial charge in [0, 0.05) is 24.2 Å². The van der Waals surface area contributed by atoms with Crippen LogP contribution < -0.4 is 16.2 Å². The van der Waals surface area contributed by atoms with Crippen LogP contribution in [0.4, 0.5) is 0 Å². The molecule has 5 rings (SSSR count). The second-order valence-electron chi connectivity index (χ2n) is 9.30. The Labute approximate surface area is 175 Å². The Kier molecular flexibility index (Phi) is 4.76. The first-order valence-corrected chi connectivity index (χ1v) is 11.1. The molecular weight excluding hydrogens is 384 g/mol. The molecule has 0 radical (unpaired) electrons. The van der Waals surface area contributed by atoms with Gasteiger partial charge in [-0.1, -0.05) is 0 Å². The summed E-state index contributed by atoms with van der Waals surface area (Å²) in [6, 6.07) is 1.22. The number of hydrogen-bond acceptors (Lipinski definition) is 5. The summed E-state index contributed by atoms with van der Waals surface area (Å²) in [4.78, 5) is 51.2. The van der Waals surface area contributed by atoms with Gasteiger partial charge >= 0.3 is 0 Å². The average molecular weight is 412 g/mol. The Morgan fingerprint density at radius 1 is 0.967 bits per heavy atom. The first-order valence-electron chi connectivity index (χ1n) is 11.1. The van der Waals surface area contributed by atoms with Crippen molar-refractivity contribution in [2.45, 2.75) is 70.0 Å². The molecule has 1 aliphatic carbocycles. The van der Waals surface area contributed by atoms with Crippen molar-refractivity contribution in [3.63, 3.8) is 0 Å². The van der Waals surface area contributed by atoms with Gasteiger partial charge in [-0.05, 0) is 69.5 Å². The summed E-state index contributed by atoms with van der Waals surface area (Å²) in [5.74, 6) is -1.06. The van der Waals surface area contributed by atoms with Crippen LogP contribution in [0, 0.1) is 5.41 Å². The molecule has 160 valence electrons. The number of nitrogens with one attached hydrogen (secondary N) is 2. The molecule has 30 heavy (non-hydrogen) atoms. The Morgan fingerprint density at radius 2 is 1.70 bits per heavy atom. The van der Waals surface area contributed by atoms with E-state index < -0.39 is 11.9 Å². The van der Waals surface area contributed by atoms with Crippen molar-refractivity contribution >= 4 is 17.7 Å². The predicted molar refractivity (Wildman–Crippen MR) is 109 cm³/mol. The standard InChI is InChI=1S/C22H28N4O4/c27-18-2-1-17(19(28)24-18)26-13-16-15(20(26)29)5-12-25(21(16)30)14-3-6-22(7-4-14)8-10-23-11-9-22/h5,12,14,17,23H,1-4,6-11,13H2,(H,24,27,28)/t17-/m0/s1. The van der Waals surface area contributed by atoms with E-state index in [9.17, 15) is 19.2 Å². The number of nitrogens with zero attached hydrogens (tertiary/aromatic N) is 2. The number of pyridine rings is 1. The Hall–Kier alpha value is -2.48. The first-order chi connectivity index (χ1) is 14.5. The van der Waals surface area contributed by atoms with Gasteiger partial charge in [-0.2, -0.15) is 0 Å². The van der Waals surface area contributed by atoms with Gasteiger partial charge in [0.25, 0.3) is 11.5 Å². The number of hydrogen-bond donors (Lipinski definition) is 2. The smallest absolute Gasteiger partial charge is 0.256 e. The number of rotatable bonds is 2. The number of amides is 3. The van der Waals surface area contributed by atoms with Crippen molar-refractivity contribution in [3.05, 3.63) is 33.7 Å². The van der Waals surface area contributed by atoms with Crippen LogP contribution in [0.5, 0.6) is 0 Å². The third kappa shape index (κ3) is 3.17. The summed E-state index contributed by atoms with van der Waals surface area (Å²) in [6.07, 6.45) is 8.97. The van der Waals surface area contributed by atoms with Crippen LogP contribution in [-0.2, 0) is 16.1 Å². The van der Waals surface area contributed by atoms with Gasteiger partial charge in [-0.3, -0.25) is 24.5 Å². The molecule has 8 heteroatoms. The van der Waals surface area contributed by atoms with E-state index >= 15 is 0 Å². The highest BCUT2D eigenvalue weighted by atomic mass is 16.2. The fourth-order valence-corrected chi connectivity index (χ4v) is 5.81. The molecule has 1 spiro atoms. The van der Waals surface area contributed by atoms with Crippen LogP contribution in [0.1, 0.15) is 73.3 Å². The molecule has 3 aliphatic heterocycles. The lowest BCUT2D eigenvalue weighted by Gasteiger charge is -2.43. The number of imide groups is 1. The Bertz CT molecular complexity index is 952. The molecule has 1 aromatic rings. The highest BCUT2D eigenvalue weighted by Gasteiger charge is 2.41. The molecule has 4 heterocycles. The lowest BCUT2D eigenvalue weighted by Crippen LogP contribution is -2.52. The highest BCUT2D eigenvalue weighted by Crippen LogP contribution is 2.46. The normalized spacial score (nSPS) is 26.7. The van der Waals surface area contributed by atoms with E-state index in [1.54, 1.807) is 12.3 Å². The fraction of sp³-hybridized carbons (Fsp3) is 0.636. The minimum absolute atomic E-state index is 0.109. The molecular formula is C22H28N4O4. The second kappa shape index (κ2) is 7.34. The zero-order valence-corrected chi connectivity index (χ0v) is 17.1. The molecule has 0 aromatic carbocycles. The Morgan fingerprint density at radius 3 is 2.40 bits per heavy atom. The first kappa shape index (κ1) is 19.5. The maximum atomic E-state index is 13.3. The zero-order chi connectivity index (χ0) is 20.9. The molecule has 1 atom stereocenters. The lowest BCUT2D eigenvalue weighted by molar-refractivity contribution is -0.136. The molecule has 4 aliphatic rings. The van der Waals surface area contributed by atoms with E-state index in [1.165, 1.54) is 17.7 Å². The molecule has 1 saturated carbocycles. The third-order valence-corrected chi connectivity index (χ3v) is 7.70. The van der Waals surface area contributed by atoms with Crippen LogP contribution in [0.2, 0.25) is 0 Å². The maximum Gasteiger partial charge on any atom is 0.256 e. The van der Waals surface area contributed by atoms with Crippen LogP contribution in [0.25, 0.3) is 0 Å². The van der Waals surface area contributed by atoms with E-state index in [1.807, 2.05) is 4.57 Å². The molecule has 1 aromatic heterocycles. The van der Waals surface area contributed by atoms with Gasteiger partial charge in [0.1, 0.15) is 6.04 Å². The predicted octanol–water partition coefficient (Wildman–Crippen LogP) is 1.09. The van der Waals surface area contributed by atoms with Crippen molar-refractivity contribution in [1.29, 1.82) is 0 Å². The number of carbonyl (C=O) groups is 3. The van der Waals surface area contributed by atoms with Crippen LogP contribution >= 0.6 is 0 Å². The van der Waals surface area contributed by atoms with Crippen molar-refractivity contribution in [2.24, 2.45) is 5.41 Å². The molecule has 0 bridgehead atoms. The van der Waals surface area contributed by atoms with E-state index in [-0.39, 0.29) is 36.4 Å². The molecule has 2 saturated heterocycles. The van der Waals surface area contributed by atoms with Crippen molar-refractivity contribution < 1.29 is 14.4 Å². The largest absolute Gasteiger partial charge is 0.322 e. The lowest BCUT2D eigenvalue weighted by atomic mass is 9.67. The van der Waals surface area contributed by atoms with Gasteiger partial charge in [0.2, 0.25) is 11.8 Å². The summed E-state index contributed by atoms with van der Waals surface area (Å²) in [6.45, 7) is 2.31. The summed E-state index contributed by atoms with van der Waals surface area (Å²) in [5, 5.41) is 5.74. The van der Waals surface area contributed by atoms with Crippen molar-refractivity contribution in [3.8, 4) is 0 Å². The van der Waals surface area contributed by atoms with Gasteiger partial charge in [-0.25, -0.2) is 0 Å². The maximum absolute atomic E-state index is 13.3. The van der Waals surface area contributed by atoms with Crippen LogP contribution in [-0.4, -0.2) is 46.3 Å². The number of aromatic nitrogens is 1. The van der Waals surface area contributed by atoms with E-state index in [4.69, 9.17) is 0 Å². The van der Waals surface area contributed by atoms with Gasteiger partial charge in [0.05, 0.1) is 12.1 Å². The number of fused-ring (bicyclic) bond motifs is 1. The number of piperidine rings is 2. The topological polar surface area (TPSA) is 101 Å².